The van der Waals surface area contributed by atoms with Crippen molar-refractivity contribution in [3.63, 3.8) is 0 Å². The van der Waals surface area contributed by atoms with E-state index in [-0.39, 0.29) is 17.9 Å². The fourth-order valence-electron chi connectivity index (χ4n) is 4.62. The topological polar surface area (TPSA) is 114 Å². The second-order valence-electron chi connectivity index (χ2n) is 8.46. The minimum atomic E-state index is -0.523. The average Bonchev–Trinajstić information content (AvgIpc) is 2.84. The van der Waals surface area contributed by atoms with Crippen LogP contribution in [0.25, 0.3) is 11.6 Å². The molecule has 5 heterocycles. The third kappa shape index (κ3) is 4.20. The van der Waals surface area contributed by atoms with Gasteiger partial charge in [0.05, 0.1) is 11.7 Å². The van der Waals surface area contributed by atoms with E-state index in [0.29, 0.717) is 56.4 Å². The van der Waals surface area contributed by atoms with E-state index in [0.717, 1.165) is 16.9 Å². The first-order valence-corrected chi connectivity index (χ1v) is 11.1. The molecule has 3 aromatic heterocycles. The zero-order valence-corrected chi connectivity index (χ0v) is 18.4. The van der Waals surface area contributed by atoms with Gasteiger partial charge in [0.2, 0.25) is 11.9 Å². The molecule has 170 valence electrons. The molecular weight excluding hydrogens is 423 g/mol. The fourth-order valence-corrected chi connectivity index (χ4v) is 4.62. The molecule has 2 aliphatic rings. The van der Waals surface area contributed by atoms with E-state index in [4.69, 9.17) is 5.73 Å². The Morgan fingerprint density at radius 3 is 2.55 bits per heavy atom. The molecule has 0 aliphatic carbocycles. The maximum Gasteiger partial charge on any atom is 0.220 e. The van der Waals surface area contributed by atoms with Crippen LogP contribution >= 0.6 is 0 Å². The van der Waals surface area contributed by atoms with E-state index in [2.05, 4.69) is 34.7 Å². The van der Waals surface area contributed by atoms with Crippen LogP contribution in [-0.4, -0.2) is 50.5 Å². The van der Waals surface area contributed by atoms with Crippen LogP contribution in [0.1, 0.15) is 37.1 Å². The van der Waals surface area contributed by atoms with Crippen LogP contribution in [0.4, 0.5) is 15.9 Å². The highest BCUT2D eigenvalue weighted by molar-refractivity contribution is 5.77. The Morgan fingerprint density at radius 1 is 1.06 bits per heavy atom. The average molecular weight is 449 g/mol. The number of hydrogen-bond donors (Lipinski definition) is 1. The van der Waals surface area contributed by atoms with Crippen LogP contribution in [-0.2, 0) is 11.2 Å². The minimum Gasteiger partial charge on any atom is -0.371 e. The normalized spacial score (nSPS) is 18.8. The summed E-state index contributed by atoms with van der Waals surface area (Å²) in [4.78, 5) is 37.4. The van der Waals surface area contributed by atoms with Gasteiger partial charge in [-0.05, 0) is 25.8 Å². The monoisotopic (exact) mass is 448 g/mol. The number of nitrogens with zero attached hydrogens (tertiary/aromatic N) is 7. The zero-order valence-electron chi connectivity index (χ0n) is 18.4. The summed E-state index contributed by atoms with van der Waals surface area (Å²) in [5.41, 5.74) is 8.14. The number of piperidine rings is 1. The minimum absolute atomic E-state index is 0.0674. The summed E-state index contributed by atoms with van der Waals surface area (Å²) in [7, 11) is 0. The predicted octanol–water partition coefficient (Wildman–Crippen LogP) is 2.29. The van der Waals surface area contributed by atoms with Crippen LogP contribution in [0.2, 0.25) is 0 Å². The summed E-state index contributed by atoms with van der Waals surface area (Å²) >= 11 is 0. The number of primary amides is 1. The van der Waals surface area contributed by atoms with Gasteiger partial charge in [-0.2, -0.15) is 4.39 Å². The molecule has 0 radical (unpaired) electrons. The lowest BCUT2D eigenvalue weighted by atomic mass is 9.96. The molecule has 10 heteroatoms. The zero-order chi connectivity index (χ0) is 22.9. The molecule has 1 unspecified atom stereocenters. The van der Waals surface area contributed by atoms with E-state index in [1.807, 2.05) is 13.0 Å². The molecule has 0 bridgehead atoms. The second-order valence-corrected chi connectivity index (χ2v) is 8.46. The van der Waals surface area contributed by atoms with Crippen molar-refractivity contribution < 1.29 is 9.18 Å². The summed E-state index contributed by atoms with van der Waals surface area (Å²) in [6.45, 7) is 4.02. The summed E-state index contributed by atoms with van der Waals surface area (Å²) < 4.78 is 14.5. The fraction of sp³-hybridized carbons (Fsp3) is 0.391. The smallest absolute Gasteiger partial charge is 0.220 e. The summed E-state index contributed by atoms with van der Waals surface area (Å²) in [5.74, 6) is 0.673. The van der Waals surface area contributed by atoms with Crippen molar-refractivity contribution in [3.8, 4) is 11.6 Å². The number of anilines is 2. The lowest BCUT2D eigenvalue weighted by molar-refractivity contribution is -0.122. The summed E-state index contributed by atoms with van der Waals surface area (Å²) in [5, 5.41) is 0. The van der Waals surface area contributed by atoms with E-state index in [9.17, 15) is 9.18 Å². The number of nitrogens with two attached hydrogens (primary N) is 1. The molecule has 0 aromatic carbocycles. The lowest BCUT2D eigenvalue weighted by Gasteiger charge is -2.37. The maximum absolute atomic E-state index is 14.5. The number of pyridine rings is 1. The molecule has 1 atom stereocenters. The molecule has 5 rings (SSSR count). The van der Waals surface area contributed by atoms with Gasteiger partial charge in [-0.3, -0.25) is 4.79 Å². The van der Waals surface area contributed by atoms with Gasteiger partial charge >= 0.3 is 0 Å². The maximum atomic E-state index is 14.5. The summed E-state index contributed by atoms with van der Waals surface area (Å²) in [6.07, 6.45) is 7.16. The Morgan fingerprint density at radius 2 is 1.82 bits per heavy atom. The van der Waals surface area contributed by atoms with Crippen LogP contribution in [0.3, 0.4) is 0 Å². The largest absolute Gasteiger partial charge is 0.371 e. The lowest BCUT2D eigenvalue weighted by Crippen LogP contribution is -2.39. The first-order chi connectivity index (χ1) is 16.0. The van der Waals surface area contributed by atoms with Crippen molar-refractivity contribution in [2.45, 2.75) is 32.2 Å². The van der Waals surface area contributed by atoms with Gasteiger partial charge in [-0.25, -0.2) is 24.9 Å². The molecule has 1 amide bonds. The predicted molar refractivity (Wildman–Crippen MR) is 121 cm³/mol. The highest BCUT2D eigenvalue weighted by Gasteiger charge is 2.29. The van der Waals surface area contributed by atoms with Crippen LogP contribution in [0.5, 0.6) is 0 Å². The van der Waals surface area contributed by atoms with E-state index in [1.54, 1.807) is 24.7 Å². The Kier molecular flexibility index (Phi) is 5.57. The van der Waals surface area contributed by atoms with E-state index < -0.39 is 5.95 Å². The van der Waals surface area contributed by atoms with E-state index in [1.165, 1.54) is 6.07 Å². The number of rotatable bonds is 4. The first kappa shape index (κ1) is 21.2. The molecule has 9 nitrogen and oxygen atoms in total. The molecule has 1 fully saturated rings. The third-order valence-electron chi connectivity index (χ3n) is 6.49. The molecule has 1 saturated heterocycles. The van der Waals surface area contributed by atoms with E-state index >= 15 is 0 Å². The highest BCUT2D eigenvalue weighted by atomic mass is 19.1. The molecule has 2 N–H and O–H groups in total. The molecule has 33 heavy (non-hydrogen) atoms. The summed E-state index contributed by atoms with van der Waals surface area (Å²) in [6, 6.07) is 5.05. The number of halogens is 1. The van der Waals surface area contributed by atoms with Gasteiger partial charge in [0.1, 0.15) is 5.82 Å². The molecule has 0 spiro atoms. The van der Waals surface area contributed by atoms with Crippen molar-refractivity contribution in [3.05, 3.63) is 54.0 Å². The van der Waals surface area contributed by atoms with Crippen molar-refractivity contribution in [2.24, 2.45) is 11.7 Å². The van der Waals surface area contributed by atoms with Crippen molar-refractivity contribution >= 4 is 17.4 Å². The molecule has 2 aliphatic heterocycles. The van der Waals surface area contributed by atoms with Gasteiger partial charge in [0.15, 0.2) is 11.6 Å². The van der Waals surface area contributed by atoms with Crippen molar-refractivity contribution in [1.82, 2.24) is 24.9 Å². The molecule has 3 aromatic rings. The number of carbonyl (C=O) groups is 1. The number of aromatic nitrogens is 5. The number of amides is 1. The molecular formula is C23H25FN8O. The Labute approximate surface area is 190 Å². The van der Waals surface area contributed by atoms with Gasteiger partial charge in [0.25, 0.3) is 0 Å². The number of carbonyl (C=O) groups excluding carboxylic acids is 1. The Balaban J connectivity index is 1.38. The van der Waals surface area contributed by atoms with Crippen molar-refractivity contribution in [2.75, 3.05) is 29.4 Å². The standard InChI is InChI=1S/C23H25FN8O/c1-14-17-13-28-23(22-26-6-2-7-27-22)29-18(17)5-10-32(14)20-12-16(11-19(24)30-20)31-8-3-15(4-9-31)21(25)33/h2,6-7,11-15H,3-5,8-10H2,1H3,(H2,25,33). The van der Waals surface area contributed by atoms with Crippen LogP contribution in [0.15, 0.2) is 36.8 Å². The number of fused-ring (bicyclic) bond motifs is 1. The molecule has 0 saturated carbocycles. The SMILES string of the molecule is CC1c2cnc(-c3ncccn3)nc2CCN1c1cc(N2CCC(C(N)=O)CC2)cc(F)n1. The van der Waals surface area contributed by atoms with Crippen LogP contribution < -0.4 is 15.5 Å². The number of hydrogen-bond acceptors (Lipinski definition) is 8. The van der Waals surface area contributed by atoms with Gasteiger partial charge < -0.3 is 15.5 Å². The van der Waals surface area contributed by atoms with Crippen molar-refractivity contribution in [1.29, 1.82) is 0 Å². The second kappa shape index (κ2) is 8.68. The third-order valence-corrected chi connectivity index (χ3v) is 6.49. The Bertz CT molecular complexity index is 1170. The van der Waals surface area contributed by atoms with Gasteiger partial charge in [-0.1, -0.05) is 0 Å². The van der Waals surface area contributed by atoms with Gasteiger partial charge in [0, 0.05) is 73.9 Å². The first-order valence-electron chi connectivity index (χ1n) is 11.1. The van der Waals surface area contributed by atoms with Crippen LogP contribution in [0, 0.1) is 11.9 Å². The van der Waals surface area contributed by atoms with Gasteiger partial charge in [-0.15, -0.1) is 0 Å². The highest BCUT2D eigenvalue weighted by Crippen LogP contribution is 2.34. The quantitative estimate of drug-likeness (QED) is 0.605. The Hall–Kier alpha value is -3.69.